The van der Waals surface area contributed by atoms with E-state index in [1.54, 1.807) is 0 Å². The maximum absolute atomic E-state index is 11.6. The van der Waals surface area contributed by atoms with Crippen molar-refractivity contribution in [2.45, 2.75) is 25.4 Å². The van der Waals surface area contributed by atoms with Gasteiger partial charge in [-0.1, -0.05) is 24.3 Å². The van der Waals surface area contributed by atoms with Crippen LogP contribution in [0.25, 0.3) is 0 Å². The summed E-state index contributed by atoms with van der Waals surface area (Å²) in [6, 6.07) is 7.63. The quantitative estimate of drug-likeness (QED) is 0.861. The van der Waals surface area contributed by atoms with Crippen molar-refractivity contribution in [3.8, 4) is 0 Å². The van der Waals surface area contributed by atoms with E-state index in [4.69, 9.17) is 4.84 Å². The Labute approximate surface area is 105 Å². The van der Waals surface area contributed by atoms with Gasteiger partial charge in [0.1, 0.15) is 6.10 Å². The van der Waals surface area contributed by atoms with Gasteiger partial charge in [-0.15, -0.1) is 0 Å². The number of fused-ring (bicyclic) bond motifs is 1. The van der Waals surface area contributed by atoms with Gasteiger partial charge in [0, 0.05) is 6.42 Å². The van der Waals surface area contributed by atoms with Crippen molar-refractivity contribution in [3.05, 3.63) is 35.4 Å². The first-order valence-corrected chi connectivity index (χ1v) is 6.10. The van der Waals surface area contributed by atoms with Crippen LogP contribution in [0.5, 0.6) is 0 Å². The van der Waals surface area contributed by atoms with Crippen LogP contribution in [-0.2, 0) is 16.1 Å². The molecular weight excluding hydrogens is 232 g/mol. The fourth-order valence-electron chi connectivity index (χ4n) is 2.43. The minimum atomic E-state index is -0.462. The number of hydroxylamine groups is 2. The molecule has 1 unspecified atom stereocenters. The van der Waals surface area contributed by atoms with E-state index in [0.29, 0.717) is 13.0 Å². The highest BCUT2D eigenvalue weighted by molar-refractivity contribution is 5.96. The summed E-state index contributed by atoms with van der Waals surface area (Å²) in [7, 11) is 0. The normalized spacial score (nSPS) is 22.9. The third-order valence-corrected chi connectivity index (χ3v) is 3.35. The number of nitrogens with zero attached hydrogens (tertiary/aromatic N) is 1. The molecule has 1 fully saturated rings. The predicted octanol–water partition coefficient (Wildman–Crippen LogP) is 1.55. The summed E-state index contributed by atoms with van der Waals surface area (Å²) in [5, 5.41) is 3.51. The minimum absolute atomic E-state index is 0.0832. The Morgan fingerprint density at radius 2 is 2.06 bits per heavy atom. The van der Waals surface area contributed by atoms with Crippen LogP contribution in [0.3, 0.4) is 0 Å². The highest BCUT2D eigenvalue weighted by atomic mass is 16.7. The number of nitrogens with one attached hydrogen (secondary N) is 1. The Morgan fingerprint density at radius 3 is 2.89 bits per heavy atom. The lowest BCUT2D eigenvalue weighted by Gasteiger charge is -2.28. The maximum atomic E-state index is 11.6. The number of amides is 3. The second-order valence-electron chi connectivity index (χ2n) is 4.54. The zero-order chi connectivity index (χ0) is 12.5. The van der Waals surface area contributed by atoms with Gasteiger partial charge >= 0.3 is 6.03 Å². The average molecular weight is 246 g/mol. The minimum Gasteiger partial charge on any atom is -0.276 e. The molecule has 3 rings (SSSR count). The Hall–Kier alpha value is -1.88. The van der Waals surface area contributed by atoms with E-state index in [9.17, 15) is 9.59 Å². The summed E-state index contributed by atoms with van der Waals surface area (Å²) in [5.41, 5.74) is 2.41. The van der Waals surface area contributed by atoms with Crippen molar-refractivity contribution in [2.24, 2.45) is 0 Å². The molecule has 1 N–H and O–H groups in total. The number of hydrogen-bond donors (Lipinski definition) is 1. The molecule has 0 aromatic heterocycles. The van der Waals surface area contributed by atoms with Gasteiger partial charge in [0.05, 0.1) is 6.54 Å². The lowest BCUT2D eigenvalue weighted by atomic mass is 10.1. The van der Waals surface area contributed by atoms with E-state index in [1.165, 1.54) is 10.6 Å². The summed E-state index contributed by atoms with van der Waals surface area (Å²) in [4.78, 5) is 28.3. The third kappa shape index (κ3) is 1.97. The average Bonchev–Trinajstić information content (AvgIpc) is 2.76. The monoisotopic (exact) mass is 246 g/mol. The van der Waals surface area contributed by atoms with Gasteiger partial charge in [-0.05, 0) is 24.0 Å². The lowest BCUT2D eigenvalue weighted by molar-refractivity contribution is -0.170. The van der Waals surface area contributed by atoms with Crippen molar-refractivity contribution < 1.29 is 14.4 Å². The van der Waals surface area contributed by atoms with Gasteiger partial charge in [-0.3, -0.25) is 14.9 Å². The molecule has 0 saturated carbocycles. The van der Waals surface area contributed by atoms with Crippen LogP contribution in [0.1, 0.15) is 30.1 Å². The van der Waals surface area contributed by atoms with E-state index in [2.05, 4.69) is 11.4 Å². The zero-order valence-corrected chi connectivity index (χ0v) is 9.89. The van der Waals surface area contributed by atoms with Gasteiger partial charge in [0.2, 0.25) is 5.91 Å². The Morgan fingerprint density at radius 1 is 1.22 bits per heavy atom. The smallest absolute Gasteiger partial charge is 0.276 e. The molecule has 1 aliphatic carbocycles. The molecule has 5 nitrogen and oxygen atoms in total. The highest BCUT2D eigenvalue weighted by Gasteiger charge is 2.30. The van der Waals surface area contributed by atoms with E-state index in [1.807, 2.05) is 18.2 Å². The molecule has 1 aliphatic heterocycles. The first kappa shape index (κ1) is 11.2. The van der Waals surface area contributed by atoms with Crippen molar-refractivity contribution in [2.75, 3.05) is 6.54 Å². The Bertz CT molecular complexity index is 501. The maximum Gasteiger partial charge on any atom is 0.347 e. The number of imide groups is 1. The summed E-state index contributed by atoms with van der Waals surface area (Å²) in [5.74, 6) is -0.244. The van der Waals surface area contributed by atoms with Crippen molar-refractivity contribution in [1.29, 1.82) is 0 Å². The van der Waals surface area contributed by atoms with E-state index < -0.39 is 6.03 Å². The summed E-state index contributed by atoms with van der Waals surface area (Å²) >= 11 is 0. The second-order valence-corrected chi connectivity index (χ2v) is 4.54. The van der Waals surface area contributed by atoms with Gasteiger partial charge < -0.3 is 0 Å². The van der Waals surface area contributed by atoms with Gasteiger partial charge in [0.25, 0.3) is 0 Å². The molecule has 0 spiro atoms. The molecule has 0 radical (unpaired) electrons. The molecule has 1 heterocycles. The van der Waals surface area contributed by atoms with Crippen LogP contribution in [0, 0.1) is 0 Å². The molecule has 94 valence electrons. The topological polar surface area (TPSA) is 58.6 Å². The predicted molar refractivity (Wildman–Crippen MR) is 63.5 cm³/mol. The summed E-state index contributed by atoms with van der Waals surface area (Å²) in [6.45, 7) is 0.323. The van der Waals surface area contributed by atoms with Gasteiger partial charge in [-0.2, -0.15) is 0 Å². The molecular formula is C13H14N2O3. The molecule has 18 heavy (non-hydrogen) atoms. The van der Waals surface area contributed by atoms with Gasteiger partial charge in [-0.25, -0.2) is 9.86 Å². The second kappa shape index (κ2) is 4.42. The summed E-state index contributed by atoms with van der Waals surface area (Å²) < 4.78 is 0. The van der Waals surface area contributed by atoms with E-state index in [-0.39, 0.29) is 12.0 Å². The number of aryl methyl sites for hydroxylation is 1. The van der Waals surface area contributed by atoms with Crippen molar-refractivity contribution in [1.82, 2.24) is 10.4 Å². The number of benzene rings is 1. The molecule has 1 saturated heterocycles. The lowest BCUT2D eigenvalue weighted by Crippen LogP contribution is -2.49. The molecule has 0 bridgehead atoms. The molecule has 1 aromatic rings. The first-order chi connectivity index (χ1) is 8.74. The Kier molecular flexibility index (Phi) is 2.76. The molecule has 1 aromatic carbocycles. The van der Waals surface area contributed by atoms with Crippen molar-refractivity contribution >= 4 is 11.9 Å². The number of carbonyl (C=O) groups is 2. The van der Waals surface area contributed by atoms with Crippen molar-refractivity contribution in [3.63, 3.8) is 0 Å². The number of hydrogen-bond acceptors (Lipinski definition) is 3. The van der Waals surface area contributed by atoms with Crippen LogP contribution in [0.2, 0.25) is 0 Å². The van der Waals surface area contributed by atoms with Crippen LogP contribution in [0.4, 0.5) is 4.79 Å². The number of rotatable bonds is 2. The third-order valence-electron chi connectivity index (χ3n) is 3.35. The SMILES string of the molecule is O=C1CCN(OC2CCc3ccccc32)C(=O)N1. The fraction of sp³-hybridized carbons (Fsp3) is 0.385. The molecule has 1 atom stereocenters. The van der Waals surface area contributed by atoms with Crippen LogP contribution < -0.4 is 5.32 Å². The molecule has 2 aliphatic rings. The Balaban J connectivity index is 1.71. The van der Waals surface area contributed by atoms with E-state index >= 15 is 0 Å². The van der Waals surface area contributed by atoms with Crippen LogP contribution in [-0.4, -0.2) is 23.5 Å². The van der Waals surface area contributed by atoms with Crippen LogP contribution >= 0.6 is 0 Å². The number of urea groups is 1. The largest absolute Gasteiger partial charge is 0.347 e. The molecule has 3 amide bonds. The van der Waals surface area contributed by atoms with Gasteiger partial charge in [0.15, 0.2) is 0 Å². The first-order valence-electron chi connectivity index (χ1n) is 6.10. The zero-order valence-electron chi connectivity index (χ0n) is 9.89. The van der Waals surface area contributed by atoms with E-state index in [0.717, 1.165) is 18.4 Å². The highest BCUT2D eigenvalue weighted by Crippen LogP contribution is 2.34. The van der Waals surface area contributed by atoms with Crippen LogP contribution in [0.15, 0.2) is 24.3 Å². The standard InChI is InChI=1S/C13H14N2O3/c16-12-7-8-15(13(17)14-12)18-11-6-5-9-3-1-2-4-10(9)11/h1-4,11H,5-8H2,(H,14,16,17). The molecule has 5 heteroatoms. The fourth-order valence-corrected chi connectivity index (χ4v) is 2.43. The number of carbonyl (C=O) groups excluding carboxylic acids is 2. The summed E-state index contributed by atoms with van der Waals surface area (Å²) in [6.07, 6.45) is 2.05.